The molecule has 0 spiro atoms. The van der Waals surface area contributed by atoms with Gasteiger partial charge in [-0.25, -0.2) is 0 Å². The van der Waals surface area contributed by atoms with Crippen LogP contribution in [0.4, 0.5) is 0 Å². The predicted molar refractivity (Wildman–Crippen MR) is 31.5 cm³/mol. The quantitative estimate of drug-likeness (QED) is 0.456. The van der Waals surface area contributed by atoms with Gasteiger partial charge in [0.25, 0.3) is 0 Å². The summed E-state index contributed by atoms with van der Waals surface area (Å²) in [4.78, 5) is 0. The molecule has 1 N–H and O–H groups in total. The van der Waals surface area contributed by atoms with Gasteiger partial charge in [0.2, 0.25) is 0 Å². The van der Waals surface area contributed by atoms with E-state index in [0.717, 1.165) is 23.9 Å². The maximum atomic E-state index is 3.53. The number of rotatable bonds is 0. The van der Waals surface area contributed by atoms with Crippen molar-refractivity contribution in [2.75, 3.05) is 0 Å². The Bertz CT molecular complexity index is 118. The monoisotopic (exact) mass is 109 g/mol. The summed E-state index contributed by atoms with van der Waals surface area (Å²) in [6, 6.07) is 1.99. The van der Waals surface area contributed by atoms with Crippen LogP contribution < -0.4 is 5.32 Å². The molecule has 1 heterocycles. The molecule has 3 aliphatic rings. The minimum atomic E-state index is 0.994. The fourth-order valence-corrected chi connectivity index (χ4v) is 2.73. The molecule has 3 fully saturated rings. The Labute approximate surface area is 49.5 Å². The normalized spacial score (nSPS) is 66.0. The van der Waals surface area contributed by atoms with Crippen LogP contribution in [0, 0.1) is 11.8 Å². The lowest BCUT2D eigenvalue weighted by molar-refractivity contribution is 0.546. The first-order valence-corrected chi connectivity index (χ1v) is 3.71. The largest absolute Gasteiger partial charge is 0.308 e. The Morgan fingerprint density at radius 1 is 1.00 bits per heavy atom. The molecule has 0 aromatic heterocycles. The lowest BCUT2D eigenvalue weighted by Crippen LogP contribution is -2.04. The molecular formula is C7H11N. The van der Waals surface area contributed by atoms with Crippen LogP contribution in [0.25, 0.3) is 0 Å². The fourth-order valence-electron chi connectivity index (χ4n) is 2.73. The van der Waals surface area contributed by atoms with E-state index in [1.54, 1.807) is 6.42 Å². The SMILES string of the molecule is C1C[C@@H]2C[C@H]1[C@H]1N[C@@H]21. The predicted octanol–water partition coefficient (Wildman–Crippen LogP) is 0.757. The van der Waals surface area contributed by atoms with E-state index < -0.39 is 0 Å². The van der Waals surface area contributed by atoms with Crippen molar-refractivity contribution < 1.29 is 0 Å². The first-order chi connectivity index (χ1) is 3.95. The van der Waals surface area contributed by atoms with Crippen molar-refractivity contribution in [3.8, 4) is 0 Å². The van der Waals surface area contributed by atoms with Gasteiger partial charge < -0.3 is 5.32 Å². The van der Waals surface area contributed by atoms with Gasteiger partial charge in [-0.15, -0.1) is 0 Å². The molecule has 44 valence electrons. The standard InChI is InChI=1S/C7H11N/c1-2-5-3-4(1)6-7(5)8-6/h4-8H,1-3H2/t4-,5+,6+,7-. The molecule has 2 aliphatic carbocycles. The second kappa shape index (κ2) is 0.971. The van der Waals surface area contributed by atoms with Crippen molar-refractivity contribution in [1.29, 1.82) is 0 Å². The minimum absolute atomic E-state index is 0.994. The lowest BCUT2D eigenvalue weighted by Gasteiger charge is -2.02. The Morgan fingerprint density at radius 2 is 1.62 bits per heavy atom. The number of nitrogens with one attached hydrogen (secondary N) is 1. The fraction of sp³-hybridized carbons (Fsp3) is 1.00. The summed E-state index contributed by atoms with van der Waals surface area (Å²) in [5.41, 5.74) is 0. The van der Waals surface area contributed by atoms with Crippen molar-refractivity contribution in [1.82, 2.24) is 5.32 Å². The van der Waals surface area contributed by atoms with Crippen molar-refractivity contribution in [2.45, 2.75) is 31.3 Å². The van der Waals surface area contributed by atoms with E-state index in [1.165, 1.54) is 12.8 Å². The highest BCUT2D eigenvalue weighted by molar-refractivity contribution is 5.15. The molecule has 2 bridgehead atoms. The Hall–Kier alpha value is -0.0400. The lowest BCUT2D eigenvalue weighted by atomic mass is 10.0. The molecule has 1 saturated heterocycles. The highest BCUT2D eigenvalue weighted by atomic mass is 15.2. The summed E-state index contributed by atoms with van der Waals surface area (Å²) >= 11 is 0. The summed E-state index contributed by atoms with van der Waals surface area (Å²) in [5, 5.41) is 3.53. The van der Waals surface area contributed by atoms with Crippen molar-refractivity contribution in [3.05, 3.63) is 0 Å². The maximum Gasteiger partial charge on any atom is 0.0255 e. The van der Waals surface area contributed by atoms with E-state index in [4.69, 9.17) is 0 Å². The van der Waals surface area contributed by atoms with Crippen LogP contribution in [0.15, 0.2) is 0 Å². The Kier molecular flexibility index (Phi) is 0.472. The first kappa shape index (κ1) is 3.89. The van der Waals surface area contributed by atoms with E-state index in [9.17, 15) is 0 Å². The number of hydrogen-bond acceptors (Lipinski definition) is 1. The van der Waals surface area contributed by atoms with Crippen molar-refractivity contribution >= 4 is 0 Å². The smallest absolute Gasteiger partial charge is 0.0255 e. The molecule has 8 heavy (non-hydrogen) atoms. The van der Waals surface area contributed by atoms with Gasteiger partial charge >= 0.3 is 0 Å². The van der Waals surface area contributed by atoms with E-state index in [0.29, 0.717) is 0 Å². The van der Waals surface area contributed by atoms with Gasteiger partial charge in [-0.3, -0.25) is 0 Å². The van der Waals surface area contributed by atoms with E-state index in [2.05, 4.69) is 5.32 Å². The third-order valence-corrected chi connectivity index (χ3v) is 3.19. The van der Waals surface area contributed by atoms with Crippen LogP contribution in [-0.2, 0) is 0 Å². The van der Waals surface area contributed by atoms with Gasteiger partial charge in [0.05, 0.1) is 0 Å². The second-order valence-corrected chi connectivity index (χ2v) is 3.55. The van der Waals surface area contributed by atoms with Crippen LogP contribution >= 0.6 is 0 Å². The van der Waals surface area contributed by atoms with Crippen molar-refractivity contribution in [3.63, 3.8) is 0 Å². The van der Waals surface area contributed by atoms with Gasteiger partial charge in [0.1, 0.15) is 0 Å². The molecule has 0 amide bonds. The molecule has 0 aromatic carbocycles. The van der Waals surface area contributed by atoms with Gasteiger partial charge in [-0.05, 0) is 31.1 Å². The Morgan fingerprint density at radius 3 is 2.00 bits per heavy atom. The maximum absolute atomic E-state index is 3.53. The summed E-state index contributed by atoms with van der Waals surface area (Å²) in [7, 11) is 0. The van der Waals surface area contributed by atoms with Gasteiger partial charge in [-0.1, -0.05) is 0 Å². The third-order valence-electron chi connectivity index (χ3n) is 3.19. The van der Waals surface area contributed by atoms with Gasteiger partial charge in [0.15, 0.2) is 0 Å². The van der Waals surface area contributed by atoms with Crippen LogP contribution in [0.1, 0.15) is 19.3 Å². The van der Waals surface area contributed by atoms with Gasteiger partial charge in [-0.2, -0.15) is 0 Å². The van der Waals surface area contributed by atoms with E-state index in [-0.39, 0.29) is 0 Å². The molecule has 0 aromatic rings. The first-order valence-electron chi connectivity index (χ1n) is 3.71. The summed E-state index contributed by atoms with van der Waals surface area (Å²) in [5.74, 6) is 2.20. The Balaban J connectivity index is 2.02. The van der Waals surface area contributed by atoms with Crippen LogP contribution in [0.3, 0.4) is 0 Å². The van der Waals surface area contributed by atoms with Crippen LogP contribution in [-0.4, -0.2) is 12.1 Å². The van der Waals surface area contributed by atoms with Gasteiger partial charge in [0, 0.05) is 12.1 Å². The van der Waals surface area contributed by atoms with E-state index >= 15 is 0 Å². The third kappa shape index (κ3) is 0.278. The molecule has 4 atom stereocenters. The average molecular weight is 109 g/mol. The average Bonchev–Trinajstić information content (AvgIpc) is 2.39. The van der Waals surface area contributed by atoms with Crippen LogP contribution in [0.5, 0.6) is 0 Å². The van der Waals surface area contributed by atoms with Crippen LogP contribution in [0.2, 0.25) is 0 Å². The van der Waals surface area contributed by atoms with Crippen molar-refractivity contribution in [2.24, 2.45) is 11.8 Å². The molecule has 0 radical (unpaired) electrons. The highest BCUT2D eigenvalue weighted by Crippen LogP contribution is 2.51. The number of piperidine rings is 1. The topological polar surface area (TPSA) is 21.9 Å². The molecule has 1 aliphatic heterocycles. The highest BCUT2D eigenvalue weighted by Gasteiger charge is 2.56. The zero-order valence-electron chi connectivity index (χ0n) is 4.93. The summed E-state index contributed by atoms with van der Waals surface area (Å²) < 4.78 is 0. The number of hydrogen-bond donors (Lipinski definition) is 1. The molecule has 2 saturated carbocycles. The molecule has 0 unspecified atom stereocenters. The second-order valence-electron chi connectivity index (χ2n) is 3.55. The minimum Gasteiger partial charge on any atom is -0.308 e. The summed E-state index contributed by atoms with van der Waals surface area (Å²) in [6.45, 7) is 0. The van der Waals surface area contributed by atoms with E-state index in [1.807, 2.05) is 0 Å². The zero-order valence-corrected chi connectivity index (χ0v) is 4.93. The zero-order chi connectivity index (χ0) is 5.14. The molecule has 3 rings (SSSR count). The summed E-state index contributed by atoms with van der Waals surface area (Å²) in [6.07, 6.45) is 4.61. The number of fused-ring (bicyclic) bond motifs is 5. The molecular weight excluding hydrogens is 98.1 g/mol. The molecule has 1 nitrogen and oxygen atoms in total. The molecule has 1 heteroatoms.